The molecule has 0 aromatic heterocycles. The first-order valence-electron chi connectivity index (χ1n) is 5.87. The van der Waals surface area contributed by atoms with Crippen LogP contribution in [0.5, 0.6) is 0 Å². The molecule has 3 heteroatoms. The highest BCUT2D eigenvalue weighted by Gasteiger charge is 2.20. The number of esters is 1. The molecule has 0 amide bonds. The summed E-state index contributed by atoms with van der Waals surface area (Å²) in [4.78, 5) is 11.2. The van der Waals surface area contributed by atoms with Crippen molar-refractivity contribution in [2.45, 2.75) is 13.0 Å². The number of nitriles is 1. The van der Waals surface area contributed by atoms with Gasteiger partial charge in [-0.15, -0.1) is 0 Å². The molecule has 0 aliphatic carbocycles. The van der Waals surface area contributed by atoms with Gasteiger partial charge in [0, 0.05) is 12.5 Å². The summed E-state index contributed by atoms with van der Waals surface area (Å²) < 4.78 is 5.24. The SMILES string of the molecule is C=C(C#N)[C@H](OC(C)=O)c1cccc2ccccc12. The van der Waals surface area contributed by atoms with Crippen LogP contribution in [-0.4, -0.2) is 5.97 Å². The van der Waals surface area contributed by atoms with Crippen LogP contribution in [0.1, 0.15) is 18.6 Å². The first-order valence-corrected chi connectivity index (χ1v) is 5.87. The van der Waals surface area contributed by atoms with E-state index in [0.29, 0.717) is 0 Å². The van der Waals surface area contributed by atoms with E-state index in [-0.39, 0.29) is 5.57 Å². The lowest BCUT2D eigenvalue weighted by atomic mass is 9.97. The Kier molecular flexibility index (Phi) is 3.63. The normalized spacial score (nSPS) is 11.6. The summed E-state index contributed by atoms with van der Waals surface area (Å²) in [6.45, 7) is 4.99. The summed E-state index contributed by atoms with van der Waals surface area (Å²) in [5.41, 5.74) is 0.992. The zero-order valence-corrected chi connectivity index (χ0v) is 10.6. The molecule has 0 saturated carbocycles. The smallest absolute Gasteiger partial charge is 0.303 e. The molecule has 19 heavy (non-hydrogen) atoms. The van der Waals surface area contributed by atoms with Crippen LogP contribution in [0.25, 0.3) is 10.8 Å². The van der Waals surface area contributed by atoms with E-state index in [1.165, 1.54) is 6.92 Å². The van der Waals surface area contributed by atoms with Gasteiger partial charge in [-0.1, -0.05) is 49.0 Å². The summed E-state index contributed by atoms with van der Waals surface area (Å²) in [5.74, 6) is -0.436. The Morgan fingerprint density at radius 1 is 1.26 bits per heavy atom. The second-order valence-corrected chi connectivity index (χ2v) is 4.19. The van der Waals surface area contributed by atoms with E-state index in [9.17, 15) is 4.79 Å². The fourth-order valence-corrected chi connectivity index (χ4v) is 2.03. The molecular weight excluding hydrogens is 238 g/mol. The van der Waals surface area contributed by atoms with E-state index in [1.807, 2.05) is 48.5 Å². The van der Waals surface area contributed by atoms with Crippen molar-refractivity contribution < 1.29 is 9.53 Å². The van der Waals surface area contributed by atoms with Gasteiger partial charge in [0.1, 0.15) is 0 Å². The monoisotopic (exact) mass is 251 g/mol. The van der Waals surface area contributed by atoms with Crippen LogP contribution >= 0.6 is 0 Å². The van der Waals surface area contributed by atoms with Crippen LogP contribution in [0, 0.1) is 11.3 Å². The highest BCUT2D eigenvalue weighted by molar-refractivity contribution is 5.86. The number of nitrogens with zero attached hydrogens (tertiary/aromatic N) is 1. The predicted molar refractivity (Wildman–Crippen MR) is 73.2 cm³/mol. The molecule has 0 unspecified atom stereocenters. The average molecular weight is 251 g/mol. The second-order valence-electron chi connectivity index (χ2n) is 4.19. The maximum Gasteiger partial charge on any atom is 0.303 e. The molecule has 94 valence electrons. The summed E-state index contributed by atoms with van der Waals surface area (Å²) in [5, 5.41) is 11.0. The molecule has 0 aliphatic rings. The molecule has 0 spiro atoms. The Morgan fingerprint density at radius 3 is 2.63 bits per heavy atom. The third-order valence-corrected chi connectivity index (χ3v) is 2.85. The highest BCUT2D eigenvalue weighted by Crippen LogP contribution is 2.30. The maximum atomic E-state index is 11.2. The lowest BCUT2D eigenvalue weighted by molar-refractivity contribution is -0.144. The van der Waals surface area contributed by atoms with Crippen molar-refractivity contribution >= 4 is 16.7 Å². The minimum atomic E-state index is -0.728. The minimum absolute atomic E-state index is 0.214. The van der Waals surface area contributed by atoms with Gasteiger partial charge in [-0.3, -0.25) is 4.79 Å². The van der Waals surface area contributed by atoms with Crippen molar-refractivity contribution in [1.82, 2.24) is 0 Å². The van der Waals surface area contributed by atoms with Crippen LogP contribution < -0.4 is 0 Å². The van der Waals surface area contributed by atoms with Crippen LogP contribution in [0.3, 0.4) is 0 Å². The zero-order valence-electron chi connectivity index (χ0n) is 10.6. The van der Waals surface area contributed by atoms with Gasteiger partial charge in [0.15, 0.2) is 6.10 Å². The topological polar surface area (TPSA) is 50.1 Å². The maximum absolute atomic E-state index is 11.2. The number of carbonyl (C=O) groups excluding carboxylic acids is 1. The lowest BCUT2D eigenvalue weighted by Gasteiger charge is -2.17. The largest absolute Gasteiger partial charge is 0.452 e. The third-order valence-electron chi connectivity index (χ3n) is 2.85. The predicted octanol–water partition coefficient (Wildman–Crippen LogP) is 3.52. The number of carbonyl (C=O) groups is 1. The van der Waals surface area contributed by atoms with E-state index in [1.54, 1.807) is 0 Å². The van der Waals surface area contributed by atoms with Crippen LogP contribution in [-0.2, 0) is 9.53 Å². The molecule has 0 saturated heterocycles. The van der Waals surface area contributed by atoms with Crippen molar-refractivity contribution in [3.8, 4) is 6.07 Å². The lowest BCUT2D eigenvalue weighted by Crippen LogP contribution is -2.10. The van der Waals surface area contributed by atoms with Crippen molar-refractivity contribution in [1.29, 1.82) is 5.26 Å². The zero-order chi connectivity index (χ0) is 13.8. The molecule has 2 aromatic rings. The van der Waals surface area contributed by atoms with E-state index >= 15 is 0 Å². The van der Waals surface area contributed by atoms with Gasteiger partial charge >= 0.3 is 5.97 Å². The second kappa shape index (κ2) is 5.36. The molecule has 0 heterocycles. The molecule has 2 aromatic carbocycles. The summed E-state index contributed by atoms with van der Waals surface area (Å²) in [6.07, 6.45) is -0.728. The molecule has 0 aliphatic heterocycles. The molecule has 0 bridgehead atoms. The standard InChI is InChI=1S/C16H13NO2/c1-11(10-17)16(19-12(2)18)15-9-5-7-13-6-3-4-8-14(13)15/h3-9,16H,1H2,2H3/t16-/m0/s1. The van der Waals surface area contributed by atoms with Gasteiger partial charge in [0.2, 0.25) is 0 Å². The van der Waals surface area contributed by atoms with E-state index < -0.39 is 12.1 Å². The van der Waals surface area contributed by atoms with E-state index in [0.717, 1.165) is 16.3 Å². The molecule has 1 atom stereocenters. The van der Waals surface area contributed by atoms with Crippen LogP contribution in [0.15, 0.2) is 54.6 Å². The van der Waals surface area contributed by atoms with Crippen LogP contribution in [0.4, 0.5) is 0 Å². The van der Waals surface area contributed by atoms with Crippen molar-refractivity contribution in [2.24, 2.45) is 0 Å². The number of hydrogen-bond acceptors (Lipinski definition) is 3. The van der Waals surface area contributed by atoms with Gasteiger partial charge in [0.25, 0.3) is 0 Å². The summed E-state index contributed by atoms with van der Waals surface area (Å²) in [6, 6.07) is 15.4. The Labute approximate surface area is 111 Å². The molecule has 0 fully saturated rings. The van der Waals surface area contributed by atoms with Crippen LogP contribution in [0.2, 0.25) is 0 Å². The number of hydrogen-bond donors (Lipinski definition) is 0. The van der Waals surface area contributed by atoms with Gasteiger partial charge in [-0.25, -0.2) is 0 Å². The summed E-state index contributed by atoms with van der Waals surface area (Å²) in [7, 11) is 0. The van der Waals surface area contributed by atoms with Crippen molar-refractivity contribution in [3.63, 3.8) is 0 Å². The molecule has 2 rings (SSSR count). The van der Waals surface area contributed by atoms with Gasteiger partial charge < -0.3 is 4.74 Å². The minimum Gasteiger partial charge on any atom is -0.452 e. The van der Waals surface area contributed by atoms with Gasteiger partial charge in [-0.05, 0) is 10.8 Å². The Morgan fingerprint density at radius 2 is 1.95 bits per heavy atom. The van der Waals surface area contributed by atoms with Gasteiger partial charge in [-0.2, -0.15) is 5.26 Å². The van der Waals surface area contributed by atoms with Crippen molar-refractivity contribution in [3.05, 3.63) is 60.2 Å². The average Bonchev–Trinajstić information content (AvgIpc) is 2.43. The summed E-state index contributed by atoms with van der Waals surface area (Å²) >= 11 is 0. The number of ether oxygens (including phenoxy) is 1. The number of rotatable bonds is 3. The Balaban J connectivity index is 2.59. The van der Waals surface area contributed by atoms with E-state index in [2.05, 4.69) is 6.58 Å². The first kappa shape index (κ1) is 12.8. The number of fused-ring (bicyclic) bond motifs is 1. The fraction of sp³-hybridized carbons (Fsp3) is 0.125. The first-order chi connectivity index (χ1) is 9.13. The number of benzene rings is 2. The molecule has 0 radical (unpaired) electrons. The van der Waals surface area contributed by atoms with E-state index in [4.69, 9.17) is 10.00 Å². The molecule has 0 N–H and O–H groups in total. The molecule has 3 nitrogen and oxygen atoms in total. The van der Waals surface area contributed by atoms with Gasteiger partial charge in [0.05, 0.1) is 11.6 Å². The van der Waals surface area contributed by atoms with Crippen molar-refractivity contribution in [2.75, 3.05) is 0 Å². The Hall–Kier alpha value is -2.60. The quantitative estimate of drug-likeness (QED) is 0.619. The fourth-order valence-electron chi connectivity index (χ4n) is 2.03. The Bertz CT molecular complexity index is 677. The molecular formula is C16H13NO2. The third kappa shape index (κ3) is 2.63. The highest BCUT2D eigenvalue weighted by atomic mass is 16.5.